The van der Waals surface area contributed by atoms with E-state index >= 15 is 0 Å². The average Bonchev–Trinajstić information content (AvgIpc) is 3.00. The van der Waals surface area contributed by atoms with Gasteiger partial charge in [-0.3, -0.25) is 0 Å². The molecule has 0 fully saturated rings. The van der Waals surface area contributed by atoms with Crippen molar-refractivity contribution in [3.8, 4) is 68.7 Å². The third-order valence-electron chi connectivity index (χ3n) is 6.65. The van der Waals surface area contributed by atoms with Gasteiger partial charge in [0.05, 0.1) is 0 Å². The second kappa shape index (κ2) is 14.6. The highest BCUT2D eigenvalue weighted by molar-refractivity contribution is 5.80. The Kier molecular flexibility index (Phi) is 10.3. The van der Waals surface area contributed by atoms with Crippen molar-refractivity contribution in [1.82, 2.24) is 15.0 Å². The number of amides is 6. The fourth-order valence-corrected chi connectivity index (χ4v) is 4.59. The molecular weight excluding hydrogens is 678 g/mol. The molecule has 21 heteroatoms. The molecule has 6 amide bonds. The number of primary amides is 6. The minimum atomic E-state index is -1.22. The SMILES string of the molecule is Cc1c(OC(N)=O)cc(OC(N)=O)cc1-c1nc(-c2cc(OC(N)=O)cc(OC(N)=O)c2C)nc(-c2cc(OC(N)=O)cc(OC(N)=O)c2C)n1. The molecule has 0 aliphatic carbocycles. The lowest BCUT2D eigenvalue weighted by Gasteiger charge is -2.17. The Hall–Kier alpha value is -7.71. The summed E-state index contributed by atoms with van der Waals surface area (Å²) < 4.78 is 30.4. The highest BCUT2D eigenvalue weighted by Gasteiger charge is 2.24. The molecule has 0 aliphatic heterocycles. The van der Waals surface area contributed by atoms with Gasteiger partial charge in [-0.1, -0.05) is 0 Å². The molecule has 3 aromatic carbocycles. The second-order valence-electron chi connectivity index (χ2n) is 10.1. The highest BCUT2D eigenvalue weighted by Crippen LogP contribution is 2.40. The quantitative estimate of drug-likeness (QED) is 0.146. The van der Waals surface area contributed by atoms with Gasteiger partial charge in [-0.25, -0.2) is 43.7 Å². The van der Waals surface area contributed by atoms with Gasteiger partial charge in [-0.2, -0.15) is 0 Å². The Morgan fingerprint density at radius 2 is 0.608 bits per heavy atom. The first-order chi connectivity index (χ1) is 23.9. The van der Waals surface area contributed by atoms with E-state index in [1.165, 1.54) is 39.0 Å². The van der Waals surface area contributed by atoms with E-state index in [2.05, 4.69) is 15.0 Å². The van der Waals surface area contributed by atoms with Crippen LogP contribution in [-0.2, 0) is 0 Å². The first kappa shape index (κ1) is 36.1. The molecule has 4 rings (SSSR count). The number of nitrogens with zero attached hydrogens (tertiary/aromatic N) is 3. The van der Waals surface area contributed by atoms with Crippen LogP contribution < -0.4 is 62.8 Å². The molecule has 0 bridgehead atoms. The zero-order valence-electron chi connectivity index (χ0n) is 26.7. The molecule has 4 aromatic rings. The number of rotatable bonds is 9. The molecule has 1 heterocycles. The molecule has 51 heavy (non-hydrogen) atoms. The number of hydrogen-bond donors (Lipinski definition) is 6. The molecule has 0 saturated heterocycles. The summed E-state index contributed by atoms with van der Waals surface area (Å²) in [4.78, 5) is 83.9. The maximum atomic E-state index is 11.7. The Bertz CT molecular complexity index is 1890. The van der Waals surface area contributed by atoms with Crippen LogP contribution in [0.4, 0.5) is 28.8 Å². The van der Waals surface area contributed by atoms with Gasteiger partial charge in [0.15, 0.2) is 17.5 Å². The zero-order chi connectivity index (χ0) is 37.7. The summed E-state index contributed by atoms with van der Waals surface area (Å²) in [6.45, 7) is 4.46. The van der Waals surface area contributed by atoms with Crippen LogP contribution in [0, 0.1) is 20.8 Å². The molecule has 0 aliphatic rings. The molecule has 0 radical (unpaired) electrons. The van der Waals surface area contributed by atoms with Crippen LogP contribution in [-0.4, -0.2) is 51.5 Å². The molecule has 21 nitrogen and oxygen atoms in total. The first-order valence-corrected chi connectivity index (χ1v) is 14.0. The predicted octanol–water partition coefficient (Wildman–Crippen LogP) is 2.54. The van der Waals surface area contributed by atoms with Crippen LogP contribution in [0.3, 0.4) is 0 Å². The molecule has 0 saturated carbocycles. The van der Waals surface area contributed by atoms with Crippen LogP contribution in [0.2, 0.25) is 0 Å². The minimum absolute atomic E-state index is 0.0570. The minimum Gasteiger partial charge on any atom is -0.410 e. The first-order valence-electron chi connectivity index (χ1n) is 14.0. The van der Waals surface area contributed by atoms with Crippen molar-refractivity contribution >= 4 is 36.6 Å². The van der Waals surface area contributed by atoms with Crippen molar-refractivity contribution in [2.45, 2.75) is 20.8 Å². The summed E-state index contributed by atoms with van der Waals surface area (Å²) in [5.74, 6) is -1.83. The number of carbonyl (C=O) groups is 6. The van der Waals surface area contributed by atoms with Gasteiger partial charge in [0.25, 0.3) is 0 Å². The van der Waals surface area contributed by atoms with Crippen LogP contribution in [0.5, 0.6) is 34.5 Å². The van der Waals surface area contributed by atoms with Crippen molar-refractivity contribution in [3.63, 3.8) is 0 Å². The van der Waals surface area contributed by atoms with Gasteiger partial charge in [0, 0.05) is 51.6 Å². The third-order valence-corrected chi connectivity index (χ3v) is 6.65. The molecular formula is C30H27N9O12. The number of benzene rings is 3. The van der Waals surface area contributed by atoms with E-state index in [0.29, 0.717) is 0 Å². The van der Waals surface area contributed by atoms with Gasteiger partial charge in [-0.15, -0.1) is 0 Å². The topological polar surface area (TPSA) is 353 Å². The van der Waals surface area contributed by atoms with Crippen molar-refractivity contribution < 1.29 is 57.2 Å². The maximum Gasteiger partial charge on any atom is 0.409 e. The molecule has 1 aromatic heterocycles. The fourth-order valence-electron chi connectivity index (χ4n) is 4.59. The van der Waals surface area contributed by atoms with Crippen molar-refractivity contribution in [1.29, 1.82) is 0 Å². The monoisotopic (exact) mass is 705 g/mol. The van der Waals surface area contributed by atoms with Crippen molar-refractivity contribution in [2.75, 3.05) is 0 Å². The van der Waals surface area contributed by atoms with Crippen LogP contribution in [0.15, 0.2) is 36.4 Å². The largest absolute Gasteiger partial charge is 0.410 e. The van der Waals surface area contributed by atoms with E-state index in [1.54, 1.807) is 0 Å². The number of carbonyl (C=O) groups excluding carboxylic acids is 6. The van der Waals surface area contributed by atoms with Crippen LogP contribution in [0.1, 0.15) is 16.7 Å². The zero-order valence-corrected chi connectivity index (χ0v) is 26.7. The maximum absolute atomic E-state index is 11.7. The summed E-state index contributed by atoms with van der Waals surface area (Å²) in [6.07, 6.45) is -7.32. The van der Waals surface area contributed by atoms with E-state index in [4.69, 9.17) is 62.8 Å². The normalized spacial score (nSPS) is 10.4. The lowest BCUT2D eigenvalue weighted by molar-refractivity contribution is 0.207. The number of ether oxygens (including phenoxy) is 6. The molecule has 264 valence electrons. The molecule has 0 spiro atoms. The summed E-state index contributed by atoms with van der Waals surface area (Å²) >= 11 is 0. The number of aromatic nitrogens is 3. The van der Waals surface area contributed by atoms with E-state index < -0.39 is 36.6 Å². The smallest absolute Gasteiger partial charge is 0.409 e. The van der Waals surface area contributed by atoms with Crippen LogP contribution in [0.25, 0.3) is 34.2 Å². The van der Waals surface area contributed by atoms with E-state index in [0.717, 1.165) is 18.2 Å². The molecule has 0 unspecified atom stereocenters. The summed E-state index contributed by atoms with van der Waals surface area (Å²) in [5.41, 5.74) is 32.1. The number of nitrogens with two attached hydrogens (primary N) is 6. The number of hydrogen-bond acceptors (Lipinski definition) is 15. The average molecular weight is 706 g/mol. The molecule has 0 atom stereocenters. The third kappa shape index (κ3) is 8.81. The van der Waals surface area contributed by atoms with Crippen molar-refractivity contribution in [2.24, 2.45) is 34.4 Å². The van der Waals surface area contributed by atoms with Crippen LogP contribution >= 0.6 is 0 Å². The van der Waals surface area contributed by atoms with E-state index in [9.17, 15) is 28.8 Å². The van der Waals surface area contributed by atoms with Gasteiger partial charge >= 0.3 is 36.6 Å². The summed E-state index contributed by atoms with van der Waals surface area (Å²) in [6, 6.07) is 7.29. The Morgan fingerprint density at radius 1 is 0.392 bits per heavy atom. The second-order valence-corrected chi connectivity index (χ2v) is 10.1. The fraction of sp³-hybridized carbons (Fsp3) is 0.100. The van der Waals surface area contributed by atoms with Gasteiger partial charge in [-0.05, 0) is 39.0 Å². The van der Waals surface area contributed by atoms with Gasteiger partial charge in [0.1, 0.15) is 34.5 Å². The Labute approximate surface area is 285 Å². The van der Waals surface area contributed by atoms with Gasteiger partial charge < -0.3 is 62.8 Å². The lowest BCUT2D eigenvalue weighted by atomic mass is 10.0. The Morgan fingerprint density at radius 3 is 0.804 bits per heavy atom. The predicted molar refractivity (Wildman–Crippen MR) is 172 cm³/mol. The van der Waals surface area contributed by atoms with E-state index in [1.807, 2.05) is 0 Å². The standard InChI is InChI=1S/C30H27N9O12/c1-10-16(4-13(46-25(31)40)7-19(10)49-28(34)43)22-37-23(17-5-14(47-26(32)41)8-20(11(17)2)50-29(35)44)39-24(38-22)18-6-15(48-27(33)42)9-21(12(18)3)51-30(36)45/h4-9H,1-3H3,(H2,31,40)(H2,32,41)(H2,33,42)(H2,34,43)(H2,35,44)(H2,36,45). The van der Waals surface area contributed by atoms with E-state index in [-0.39, 0.29) is 85.4 Å². The van der Waals surface area contributed by atoms with Crippen molar-refractivity contribution in [3.05, 3.63) is 53.1 Å². The lowest BCUT2D eigenvalue weighted by Crippen LogP contribution is -2.19. The van der Waals surface area contributed by atoms with Gasteiger partial charge in [0.2, 0.25) is 0 Å². The summed E-state index contributed by atoms with van der Waals surface area (Å²) in [5, 5.41) is 0. The highest BCUT2D eigenvalue weighted by atomic mass is 16.6. The molecule has 12 N–H and O–H groups in total. The Balaban J connectivity index is 2.16. The summed E-state index contributed by atoms with van der Waals surface area (Å²) in [7, 11) is 0.